The van der Waals surface area contributed by atoms with Gasteiger partial charge >= 0.3 is 0 Å². The molecule has 1 saturated heterocycles. The molecule has 0 radical (unpaired) electrons. The van der Waals surface area contributed by atoms with E-state index in [1.54, 1.807) is 24.1 Å². The van der Waals surface area contributed by atoms with Crippen LogP contribution in [0.15, 0.2) is 47.4 Å². The number of nitrogens with one attached hydrogen (secondary N) is 2. The fraction of sp³-hybridized carbons (Fsp3) is 0.222. The van der Waals surface area contributed by atoms with Crippen LogP contribution in [-0.2, 0) is 4.79 Å². The first-order valence-corrected chi connectivity index (χ1v) is 8.24. The number of fused-ring (bicyclic) bond motifs is 1. The SMILES string of the molecule is CN1CC(c2cc(=O)n3[nH]cc(C(=O)Nc4ccccc4)c3n2)CC1=O. The van der Waals surface area contributed by atoms with E-state index >= 15 is 0 Å². The number of carbonyl (C=O) groups excluding carboxylic acids is 2. The van der Waals surface area contributed by atoms with Gasteiger partial charge in [0, 0.05) is 43.9 Å². The summed E-state index contributed by atoms with van der Waals surface area (Å²) in [5.41, 5.74) is 1.39. The van der Waals surface area contributed by atoms with Crippen molar-refractivity contribution in [1.82, 2.24) is 19.5 Å². The number of benzene rings is 1. The second kappa shape index (κ2) is 6.14. The fourth-order valence-corrected chi connectivity index (χ4v) is 3.16. The Kier molecular flexibility index (Phi) is 3.80. The molecular weight excluding hydrogens is 334 g/mol. The van der Waals surface area contributed by atoms with Crippen molar-refractivity contribution in [2.75, 3.05) is 18.9 Å². The number of amides is 2. The Balaban J connectivity index is 1.71. The number of rotatable bonds is 3. The third kappa shape index (κ3) is 2.75. The summed E-state index contributed by atoms with van der Waals surface area (Å²) >= 11 is 0. The average molecular weight is 351 g/mol. The average Bonchev–Trinajstić information content (AvgIpc) is 3.20. The predicted octanol–water partition coefficient (Wildman–Crippen LogP) is 1.22. The molecule has 2 amide bonds. The third-order valence-corrected chi connectivity index (χ3v) is 4.55. The van der Waals surface area contributed by atoms with Crippen LogP contribution < -0.4 is 10.9 Å². The molecule has 0 aliphatic carbocycles. The molecule has 1 aliphatic rings. The van der Waals surface area contributed by atoms with Crippen molar-refractivity contribution < 1.29 is 9.59 Å². The second-order valence-electron chi connectivity index (χ2n) is 6.36. The quantitative estimate of drug-likeness (QED) is 0.741. The van der Waals surface area contributed by atoms with E-state index in [1.165, 1.54) is 16.8 Å². The molecule has 3 heterocycles. The zero-order valence-electron chi connectivity index (χ0n) is 14.1. The number of anilines is 1. The number of para-hydroxylation sites is 1. The summed E-state index contributed by atoms with van der Waals surface area (Å²) in [6.45, 7) is 0.511. The van der Waals surface area contributed by atoms with Gasteiger partial charge in [0.05, 0.1) is 5.69 Å². The summed E-state index contributed by atoms with van der Waals surface area (Å²) in [4.78, 5) is 42.9. The molecule has 2 aromatic heterocycles. The summed E-state index contributed by atoms with van der Waals surface area (Å²) in [6, 6.07) is 10.5. The maximum atomic E-state index is 12.6. The lowest BCUT2D eigenvalue weighted by Gasteiger charge is -2.10. The number of carbonyl (C=O) groups is 2. The smallest absolute Gasteiger partial charge is 0.272 e. The number of hydrogen-bond donors (Lipinski definition) is 2. The van der Waals surface area contributed by atoms with Crippen LogP contribution in [0.25, 0.3) is 5.65 Å². The Morgan fingerprint density at radius 3 is 2.73 bits per heavy atom. The van der Waals surface area contributed by atoms with E-state index < -0.39 is 0 Å². The molecule has 1 aliphatic heterocycles. The van der Waals surface area contributed by atoms with Crippen LogP contribution in [0.2, 0.25) is 0 Å². The Morgan fingerprint density at radius 1 is 1.27 bits per heavy atom. The number of nitrogens with zero attached hydrogens (tertiary/aromatic N) is 3. The van der Waals surface area contributed by atoms with E-state index in [1.807, 2.05) is 18.2 Å². The van der Waals surface area contributed by atoms with Gasteiger partial charge in [-0.15, -0.1) is 0 Å². The first-order valence-electron chi connectivity index (χ1n) is 8.24. The molecule has 132 valence electrons. The number of hydrogen-bond acceptors (Lipinski definition) is 4. The van der Waals surface area contributed by atoms with Crippen LogP contribution in [-0.4, -0.2) is 44.9 Å². The number of H-pyrrole nitrogens is 1. The molecule has 0 bridgehead atoms. The van der Waals surface area contributed by atoms with Crippen LogP contribution in [0.3, 0.4) is 0 Å². The first-order chi connectivity index (χ1) is 12.5. The molecule has 4 rings (SSSR count). The van der Waals surface area contributed by atoms with Crippen molar-refractivity contribution in [3.05, 3.63) is 64.2 Å². The molecule has 26 heavy (non-hydrogen) atoms. The molecule has 0 spiro atoms. The summed E-state index contributed by atoms with van der Waals surface area (Å²) in [5.74, 6) is -0.489. The van der Waals surface area contributed by atoms with Crippen molar-refractivity contribution >= 4 is 23.1 Å². The van der Waals surface area contributed by atoms with Gasteiger partial charge < -0.3 is 10.2 Å². The molecule has 8 nitrogen and oxygen atoms in total. The number of aromatic amines is 1. The Bertz CT molecular complexity index is 1050. The maximum Gasteiger partial charge on any atom is 0.272 e. The minimum absolute atomic E-state index is 0.0214. The summed E-state index contributed by atoms with van der Waals surface area (Å²) in [7, 11) is 1.72. The molecule has 1 atom stereocenters. The molecule has 1 fully saturated rings. The fourth-order valence-electron chi connectivity index (χ4n) is 3.16. The zero-order chi connectivity index (χ0) is 18.3. The molecule has 0 saturated carbocycles. The van der Waals surface area contributed by atoms with Gasteiger partial charge in [-0.1, -0.05) is 18.2 Å². The number of likely N-dealkylation sites (tertiary alicyclic amines) is 1. The van der Waals surface area contributed by atoms with Crippen molar-refractivity contribution in [2.24, 2.45) is 0 Å². The Hall–Kier alpha value is -3.42. The lowest BCUT2D eigenvalue weighted by molar-refractivity contribution is -0.126. The van der Waals surface area contributed by atoms with E-state index in [0.717, 1.165) is 0 Å². The highest BCUT2D eigenvalue weighted by atomic mass is 16.2. The summed E-state index contributed by atoms with van der Waals surface area (Å²) in [6.07, 6.45) is 1.77. The Morgan fingerprint density at radius 2 is 2.04 bits per heavy atom. The van der Waals surface area contributed by atoms with Crippen molar-refractivity contribution in [3.63, 3.8) is 0 Å². The summed E-state index contributed by atoms with van der Waals surface area (Å²) in [5, 5.41) is 5.54. The topological polar surface area (TPSA) is 99.6 Å². The molecule has 1 aromatic carbocycles. The van der Waals surface area contributed by atoms with Gasteiger partial charge in [0.1, 0.15) is 5.56 Å². The molecule has 2 N–H and O–H groups in total. The van der Waals surface area contributed by atoms with E-state index in [9.17, 15) is 14.4 Å². The van der Waals surface area contributed by atoms with E-state index in [2.05, 4.69) is 15.4 Å². The van der Waals surface area contributed by atoms with Gasteiger partial charge in [-0.25, -0.2) is 9.50 Å². The minimum atomic E-state index is -0.362. The first kappa shape index (κ1) is 16.1. The minimum Gasteiger partial charge on any atom is -0.345 e. The zero-order valence-corrected chi connectivity index (χ0v) is 14.1. The van der Waals surface area contributed by atoms with E-state index in [0.29, 0.717) is 24.3 Å². The molecule has 8 heteroatoms. The lowest BCUT2D eigenvalue weighted by atomic mass is 10.0. The van der Waals surface area contributed by atoms with Crippen LogP contribution >= 0.6 is 0 Å². The normalized spacial score (nSPS) is 17.0. The summed E-state index contributed by atoms with van der Waals surface area (Å²) < 4.78 is 1.23. The third-order valence-electron chi connectivity index (χ3n) is 4.55. The van der Waals surface area contributed by atoms with Gasteiger partial charge in [-0.05, 0) is 12.1 Å². The number of aromatic nitrogens is 3. The van der Waals surface area contributed by atoms with Crippen molar-refractivity contribution in [1.29, 1.82) is 0 Å². The van der Waals surface area contributed by atoms with Crippen LogP contribution in [0.4, 0.5) is 5.69 Å². The molecule has 1 unspecified atom stereocenters. The van der Waals surface area contributed by atoms with Gasteiger partial charge in [0.2, 0.25) is 5.91 Å². The molecular formula is C18H17N5O3. The van der Waals surface area contributed by atoms with Crippen LogP contribution in [0.5, 0.6) is 0 Å². The molecule has 3 aromatic rings. The predicted molar refractivity (Wildman–Crippen MR) is 95.2 cm³/mol. The van der Waals surface area contributed by atoms with E-state index in [-0.39, 0.29) is 34.5 Å². The van der Waals surface area contributed by atoms with Gasteiger partial charge in [-0.2, -0.15) is 0 Å². The highest BCUT2D eigenvalue weighted by molar-refractivity contribution is 6.08. The largest absolute Gasteiger partial charge is 0.345 e. The lowest BCUT2D eigenvalue weighted by Crippen LogP contribution is -2.21. The highest BCUT2D eigenvalue weighted by Gasteiger charge is 2.30. The van der Waals surface area contributed by atoms with E-state index in [4.69, 9.17) is 0 Å². The highest BCUT2D eigenvalue weighted by Crippen LogP contribution is 2.25. The van der Waals surface area contributed by atoms with Gasteiger partial charge in [0.15, 0.2) is 5.65 Å². The van der Waals surface area contributed by atoms with Crippen LogP contribution in [0.1, 0.15) is 28.4 Å². The van der Waals surface area contributed by atoms with Gasteiger partial charge in [0.25, 0.3) is 11.5 Å². The monoisotopic (exact) mass is 351 g/mol. The second-order valence-corrected chi connectivity index (χ2v) is 6.36. The maximum absolute atomic E-state index is 12.6. The standard InChI is InChI=1S/C18H17N5O3/c1-22-10-11(7-15(22)24)14-8-16(25)23-17(21-14)13(9-19-23)18(26)20-12-5-3-2-4-6-12/h2-6,8-9,11,19H,7,10H2,1H3,(H,20,26). The van der Waals surface area contributed by atoms with Gasteiger partial charge in [-0.3, -0.25) is 19.5 Å². The van der Waals surface area contributed by atoms with Crippen molar-refractivity contribution in [3.8, 4) is 0 Å². The Labute approximate surface area is 148 Å². The van der Waals surface area contributed by atoms with Crippen LogP contribution in [0, 0.1) is 0 Å². The number of likely N-dealkylation sites (N-methyl/N-ethyl adjacent to an activating group) is 1. The van der Waals surface area contributed by atoms with Crippen molar-refractivity contribution in [2.45, 2.75) is 12.3 Å².